The summed E-state index contributed by atoms with van der Waals surface area (Å²) >= 11 is 17.2. The fraction of sp³-hybridized carbons (Fsp3) is 0. The largest absolute Gasteiger partial charge is 0.250 e. The molecule has 1 aromatic heterocycles. The van der Waals surface area contributed by atoms with Crippen LogP contribution in [0.25, 0.3) is 11.4 Å². The Morgan fingerprint density at radius 1 is 1.14 bits per heavy atom. The minimum Gasteiger partial charge on any atom is -0.250 e. The molecule has 0 aliphatic rings. The van der Waals surface area contributed by atoms with Crippen LogP contribution >= 0.6 is 35.4 Å². The molecule has 0 aliphatic heterocycles. The highest BCUT2D eigenvalue weighted by molar-refractivity contribution is 7.71. The Balaban J connectivity index is 2.01. The Labute approximate surface area is 142 Å². The number of aromatic amines is 1. The molecule has 3 aromatic rings. The Kier molecular flexibility index (Phi) is 4.38. The Bertz CT molecular complexity index is 884. The average molecular weight is 349 g/mol. The zero-order valence-electron chi connectivity index (χ0n) is 11.2. The summed E-state index contributed by atoms with van der Waals surface area (Å²) in [5.41, 5.74) is 1.65. The van der Waals surface area contributed by atoms with E-state index >= 15 is 0 Å². The predicted molar refractivity (Wildman–Crippen MR) is 92.3 cm³/mol. The van der Waals surface area contributed by atoms with Gasteiger partial charge in [-0.05, 0) is 24.4 Å². The molecule has 0 amide bonds. The van der Waals surface area contributed by atoms with Crippen LogP contribution in [0.1, 0.15) is 5.56 Å². The van der Waals surface area contributed by atoms with Crippen molar-refractivity contribution in [2.24, 2.45) is 5.10 Å². The molecule has 0 fully saturated rings. The molecule has 0 atom stereocenters. The number of aromatic nitrogens is 3. The van der Waals surface area contributed by atoms with Crippen LogP contribution in [0.4, 0.5) is 0 Å². The molecule has 1 N–H and O–H groups in total. The standard InChI is InChI=1S/C15H10Cl2N4S/c16-12-7-6-11(13(17)8-12)9-18-21-14(19-20-15(21)22)10-4-2-1-3-5-10/h1-9H,(H,20,22)/b18-9-. The van der Waals surface area contributed by atoms with Gasteiger partial charge in [0.25, 0.3) is 0 Å². The molecule has 0 unspecified atom stereocenters. The average Bonchev–Trinajstić information content (AvgIpc) is 2.88. The Morgan fingerprint density at radius 3 is 2.64 bits per heavy atom. The maximum atomic E-state index is 6.13. The lowest BCUT2D eigenvalue weighted by Crippen LogP contribution is -1.95. The van der Waals surface area contributed by atoms with Gasteiger partial charge in [0.15, 0.2) is 5.82 Å². The Morgan fingerprint density at radius 2 is 1.91 bits per heavy atom. The van der Waals surface area contributed by atoms with Gasteiger partial charge in [0.05, 0.1) is 11.2 Å². The summed E-state index contributed by atoms with van der Waals surface area (Å²) in [6, 6.07) is 14.9. The normalized spacial score (nSPS) is 11.2. The molecule has 0 radical (unpaired) electrons. The number of H-pyrrole nitrogens is 1. The van der Waals surface area contributed by atoms with Gasteiger partial charge < -0.3 is 0 Å². The van der Waals surface area contributed by atoms with Crippen molar-refractivity contribution in [2.75, 3.05) is 0 Å². The lowest BCUT2D eigenvalue weighted by Gasteiger charge is -2.01. The first kappa shape index (κ1) is 15.0. The van der Waals surface area contributed by atoms with E-state index in [2.05, 4.69) is 15.3 Å². The maximum Gasteiger partial charge on any atom is 0.216 e. The van der Waals surface area contributed by atoms with Gasteiger partial charge in [-0.25, -0.2) is 5.10 Å². The van der Waals surface area contributed by atoms with Gasteiger partial charge in [-0.1, -0.05) is 59.6 Å². The van der Waals surface area contributed by atoms with Crippen LogP contribution in [-0.2, 0) is 0 Å². The van der Waals surface area contributed by atoms with Crippen molar-refractivity contribution < 1.29 is 0 Å². The third kappa shape index (κ3) is 3.11. The molecule has 110 valence electrons. The maximum absolute atomic E-state index is 6.13. The summed E-state index contributed by atoms with van der Waals surface area (Å²) in [6.45, 7) is 0. The molecule has 0 saturated carbocycles. The molecule has 22 heavy (non-hydrogen) atoms. The summed E-state index contributed by atoms with van der Waals surface area (Å²) in [4.78, 5) is 0. The molecule has 0 bridgehead atoms. The molecular weight excluding hydrogens is 339 g/mol. The van der Waals surface area contributed by atoms with Crippen molar-refractivity contribution in [2.45, 2.75) is 0 Å². The monoisotopic (exact) mass is 348 g/mol. The van der Waals surface area contributed by atoms with Crippen molar-refractivity contribution in [1.29, 1.82) is 0 Å². The van der Waals surface area contributed by atoms with E-state index < -0.39 is 0 Å². The van der Waals surface area contributed by atoms with E-state index in [0.717, 1.165) is 11.1 Å². The third-order valence-electron chi connectivity index (χ3n) is 2.96. The van der Waals surface area contributed by atoms with Crippen molar-refractivity contribution in [3.63, 3.8) is 0 Å². The fourth-order valence-electron chi connectivity index (χ4n) is 1.90. The van der Waals surface area contributed by atoms with Gasteiger partial charge in [-0.2, -0.15) is 14.9 Å². The highest BCUT2D eigenvalue weighted by Crippen LogP contribution is 2.20. The smallest absolute Gasteiger partial charge is 0.216 e. The van der Waals surface area contributed by atoms with Gasteiger partial charge in [-0.15, -0.1) is 0 Å². The van der Waals surface area contributed by atoms with E-state index in [1.54, 1.807) is 29.1 Å². The van der Waals surface area contributed by atoms with Crippen molar-refractivity contribution in [3.8, 4) is 11.4 Å². The van der Waals surface area contributed by atoms with Crippen molar-refractivity contribution in [3.05, 3.63) is 68.9 Å². The van der Waals surface area contributed by atoms with E-state index in [0.29, 0.717) is 20.6 Å². The van der Waals surface area contributed by atoms with Crippen molar-refractivity contribution in [1.82, 2.24) is 14.9 Å². The summed E-state index contributed by atoms with van der Waals surface area (Å²) in [5.74, 6) is 0.631. The van der Waals surface area contributed by atoms with Crippen LogP contribution in [-0.4, -0.2) is 21.1 Å². The molecule has 0 aliphatic carbocycles. The van der Waals surface area contributed by atoms with Crippen LogP contribution in [0, 0.1) is 4.77 Å². The number of nitrogens with zero attached hydrogens (tertiary/aromatic N) is 3. The molecule has 4 nitrogen and oxygen atoms in total. The zero-order valence-corrected chi connectivity index (χ0v) is 13.5. The third-order valence-corrected chi connectivity index (χ3v) is 3.78. The summed E-state index contributed by atoms with van der Waals surface area (Å²) in [5, 5.41) is 12.4. The second kappa shape index (κ2) is 6.44. The van der Waals surface area contributed by atoms with Crippen LogP contribution in [0.2, 0.25) is 10.0 Å². The quantitative estimate of drug-likeness (QED) is 0.545. The van der Waals surface area contributed by atoms with E-state index in [1.807, 2.05) is 30.3 Å². The van der Waals surface area contributed by atoms with E-state index in [4.69, 9.17) is 35.4 Å². The number of rotatable bonds is 3. The van der Waals surface area contributed by atoms with E-state index in [9.17, 15) is 0 Å². The van der Waals surface area contributed by atoms with Crippen LogP contribution < -0.4 is 0 Å². The molecule has 0 saturated heterocycles. The minimum atomic E-state index is 0.403. The first-order chi connectivity index (χ1) is 10.6. The lowest BCUT2D eigenvalue weighted by atomic mass is 10.2. The van der Waals surface area contributed by atoms with Crippen LogP contribution in [0.3, 0.4) is 0 Å². The second-order valence-electron chi connectivity index (χ2n) is 4.44. The van der Waals surface area contributed by atoms with E-state index in [1.165, 1.54) is 0 Å². The van der Waals surface area contributed by atoms with Gasteiger partial charge in [0, 0.05) is 16.1 Å². The number of halogens is 2. The second-order valence-corrected chi connectivity index (χ2v) is 5.67. The van der Waals surface area contributed by atoms with Gasteiger partial charge in [0.2, 0.25) is 4.77 Å². The van der Waals surface area contributed by atoms with Gasteiger partial charge in [0.1, 0.15) is 0 Å². The summed E-state index contributed by atoms with van der Waals surface area (Å²) < 4.78 is 1.95. The number of hydrogen-bond acceptors (Lipinski definition) is 3. The first-order valence-corrected chi connectivity index (χ1v) is 7.54. The van der Waals surface area contributed by atoms with Gasteiger partial charge in [-0.3, -0.25) is 0 Å². The summed E-state index contributed by atoms with van der Waals surface area (Å²) in [6.07, 6.45) is 1.62. The topological polar surface area (TPSA) is 46.0 Å². The number of benzene rings is 2. The molecule has 2 aromatic carbocycles. The lowest BCUT2D eigenvalue weighted by molar-refractivity contribution is 0.871. The van der Waals surface area contributed by atoms with Crippen LogP contribution in [0.15, 0.2) is 53.6 Å². The SMILES string of the molecule is S=c1[nH]nc(-c2ccccc2)n1/N=C\c1ccc(Cl)cc1Cl. The molecule has 1 heterocycles. The fourth-order valence-corrected chi connectivity index (χ4v) is 2.54. The number of hydrogen-bond donors (Lipinski definition) is 1. The highest BCUT2D eigenvalue weighted by Gasteiger charge is 2.07. The number of nitrogens with one attached hydrogen (secondary N) is 1. The summed E-state index contributed by atoms with van der Waals surface area (Å²) in [7, 11) is 0. The highest BCUT2D eigenvalue weighted by atomic mass is 35.5. The van der Waals surface area contributed by atoms with Crippen molar-refractivity contribution >= 4 is 41.6 Å². The van der Waals surface area contributed by atoms with E-state index in [-0.39, 0.29) is 0 Å². The predicted octanol–water partition coefficient (Wildman–Crippen LogP) is 4.80. The molecular formula is C15H10Cl2N4S. The van der Waals surface area contributed by atoms with Crippen LogP contribution in [0.5, 0.6) is 0 Å². The van der Waals surface area contributed by atoms with Gasteiger partial charge >= 0.3 is 0 Å². The first-order valence-electron chi connectivity index (χ1n) is 6.37. The zero-order chi connectivity index (χ0) is 15.5. The molecule has 7 heteroatoms. The minimum absolute atomic E-state index is 0.403. The molecule has 0 spiro atoms. The Hall–Kier alpha value is -1.95. The molecule has 3 rings (SSSR count).